The molecule has 8 nitrogen and oxygen atoms in total. The van der Waals surface area contributed by atoms with Gasteiger partial charge in [0.25, 0.3) is 0 Å². The molecule has 0 bridgehead atoms. The predicted octanol–water partition coefficient (Wildman–Crippen LogP) is 2.52. The molecule has 0 saturated heterocycles. The maximum Gasteiger partial charge on any atom is 0.330 e. The van der Waals surface area contributed by atoms with Crippen LogP contribution in [-0.2, 0) is 16.0 Å². The first-order valence-corrected chi connectivity index (χ1v) is 8.42. The van der Waals surface area contributed by atoms with Crippen LogP contribution in [0.2, 0.25) is 0 Å². The highest BCUT2D eigenvalue weighted by Crippen LogP contribution is 2.38. The normalized spacial score (nSPS) is 12.3. The predicted molar refractivity (Wildman–Crippen MR) is 96.1 cm³/mol. The van der Waals surface area contributed by atoms with Crippen molar-refractivity contribution in [1.29, 1.82) is 0 Å². The molecule has 0 amide bonds. The average molecular weight is 367 g/mol. The Morgan fingerprint density at radius 1 is 1.22 bits per heavy atom. The second-order valence-electron chi connectivity index (χ2n) is 5.98. The maximum atomic E-state index is 11.0. The van der Waals surface area contributed by atoms with Gasteiger partial charge in [-0.1, -0.05) is 12.6 Å². The van der Waals surface area contributed by atoms with Gasteiger partial charge in [0.15, 0.2) is 11.5 Å². The van der Waals surface area contributed by atoms with Crippen LogP contribution >= 0.6 is 0 Å². The molecule has 3 aromatic rings. The van der Waals surface area contributed by atoms with Crippen molar-refractivity contribution in [3.8, 4) is 22.9 Å². The minimum atomic E-state index is -0.420. The van der Waals surface area contributed by atoms with Gasteiger partial charge in [-0.2, -0.15) is 0 Å². The zero-order valence-corrected chi connectivity index (χ0v) is 14.4. The zero-order chi connectivity index (χ0) is 18.8. The van der Waals surface area contributed by atoms with Crippen LogP contribution < -0.4 is 9.47 Å². The number of rotatable bonds is 6. The monoisotopic (exact) mass is 367 g/mol. The molecule has 1 N–H and O–H groups in total. The van der Waals surface area contributed by atoms with Crippen molar-refractivity contribution in [2.45, 2.75) is 12.8 Å². The van der Waals surface area contributed by atoms with Crippen molar-refractivity contribution in [3.63, 3.8) is 0 Å². The first kappa shape index (κ1) is 16.9. The van der Waals surface area contributed by atoms with Gasteiger partial charge in [0.2, 0.25) is 6.79 Å². The van der Waals surface area contributed by atoms with Crippen LogP contribution in [0, 0.1) is 0 Å². The van der Waals surface area contributed by atoms with Crippen molar-refractivity contribution in [1.82, 2.24) is 15.0 Å². The molecule has 0 unspecified atom stereocenters. The fourth-order valence-electron chi connectivity index (χ4n) is 2.81. The van der Waals surface area contributed by atoms with Gasteiger partial charge in [-0.15, -0.1) is 15.0 Å². The summed E-state index contributed by atoms with van der Waals surface area (Å²) >= 11 is 0. The Morgan fingerprint density at radius 3 is 2.81 bits per heavy atom. The van der Waals surface area contributed by atoms with Crippen molar-refractivity contribution < 1.29 is 24.1 Å². The molecule has 0 spiro atoms. The number of carbonyl (C=O) groups excluding carboxylic acids is 1. The fraction of sp³-hybridized carbons (Fsp3) is 0.211. The second kappa shape index (κ2) is 6.99. The number of fused-ring (bicyclic) bond motifs is 2. The summed E-state index contributed by atoms with van der Waals surface area (Å²) in [6.45, 7) is 3.82. The summed E-state index contributed by atoms with van der Waals surface area (Å²) in [6, 6.07) is 8.88. The molecule has 8 heteroatoms. The van der Waals surface area contributed by atoms with E-state index >= 15 is 0 Å². The van der Waals surface area contributed by atoms with Crippen LogP contribution in [0.3, 0.4) is 0 Å². The number of phenolic OH excluding ortho intramolecular Hbond substituents is 1. The molecule has 0 fully saturated rings. The van der Waals surface area contributed by atoms with Gasteiger partial charge < -0.3 is 19.3 Å². The number of esters is 1. The second-order valence-corrected chi connectivity index (χ2v) is 5.98. The number of hydrogen-bond acceptors (Lipinski definition) is 7. The minimum absolute atomic E-state index is 0.00353. The van der Waals surface area contributed by atoms with E-state index in [4.69, 9.17) is 14.2 Å². The molecule has 27 heavy (non-hydrogen) atoms. The molecule has 0 saturated carbocycles. The van der Waals surface area contributed by atoms with Crippen molar-refractivity contribution in [2.75, 3.05) is 13.4 Å². The van der Waals surface area contributed by atoms with Gasteiger partial charge in [0.05, 0.1) is 6.61 Å². The third-order valence-electron chi connectivity index (χ3n) is 4.15. The molecule has 1 aliphatic rings. The van der Waals surface area contributed by atoms with Crippen molar-refractivity contribution in [3.05, 3.63) is 48.6 Å². The molecule has 1 aliphatic heterocycles. The standard InChI is InChI=1S/C19H17N3O5/c1-2-19(24)25-7-3-4-12-5-6-13-14(8-12)21-22(20-13)15-9-17-18(10-16(15)23)27-11-26-17/h2,5-6,8-10,23H,1,3-4,7,11H2. The van der Waals surface area contributed by atoms with Crippen LogP contribution in [0.1, 0.15) is 12.0 Å². The number of hydrogen-bond donors (Lipinski definition) is 1. The van der Waals surface area contributed by atoms with Crippen molar-refractivity contribution in [2.24, 2.45) is 0 Å². The van der Waals surface area contributed by atoms with Crippen LogP contribution in [0.25, 0.3) is 16.7 Å². The minimum Gasteiger partial charge on any atom is -0.505 e. The number of ether oxygens (including phenoxy) is 3. The average Bonchev–Trinajstić information content (AvgIpc) is 3.29. The number of aryl methyl sites for hydroxylation is 1. The van der Waals surface area contributed by atoms with Crippen LogP contribution in [0.15, 0.2) is 43.0 Å². The lowest BCUT2D eigenvalue weighted by atomic mass is 10.1. The molecular formula is C19H17N3O5. The Morgan fingerprint density at radius 2 is 2.00 bits per heavy atom. The zero-order valence-electron chi connectivity index (χ0n) is 14.4. The van der Waals surface area contributed by atoms with E-state index < -0.39 is 5.97 Å². The molecular weight excluding hydrogens is 350 g/mol. The summed E-state index contributed by atoms with van der Waals surface area (Å²) in [4.78, 5) is 12.4. The highest BCUT2D eigenvalue weighted by Gasteiger charge is 2.19. The third kappa shape index (κ3) is 3.41. The third-order valence-corrected chi connectivity index (χ3v) is 4.15. The summed E-state index contributed by atoms with van der Waals surface area (Å²) < 4.78 is 15.6. The Kier molecular flexibility index (Phi) is 4.37. The van der Waals surface area contributed by atoms with E-state index in [0.29, 0.717) is 41.2 Å². The van der Waals surface area contributed by atoms with E-state index in [2.05, 4.69) is 16.8 Å². The Hall–Kier alpha value is -3.55. The topological polar surface area (TPSA) is 95.7 Å². The number of carbonyl (C=O) groups is 1. The summed E-state index contributed by atoms with van der Waals surface area (Å²) in [5.74, 6) is 0.618. The van der Waals surface area contributed by atoms with Gasteiger partial charge in [-0.3, -0.25) is 0 Å². The van der Waals surface area contributed by atoms with E-state index in [1.165, 1.54) is 10.9 Å². The lowest BCUT2D eigenvalue weighted by molar-refractivity contribution is -0.137. The lowest BCUT2D eigenvalue weighted by Gasteiger charge is -2.04. The molecule has 138 valence electrons. The van der Waals surface area contributed by atoms with E-state index in [9.17, 15) is 9.90 Å². The van der Waals surface area contributed by atoms with Gasteiger partial charge >= 0.3 is 5.97 Å². The van der Waals surface area contributed by atoms with Crippen LogP contribution in [-0.4, -0.2) is 39.5 Å². The van der Waals surface area contributed by atoms with E-state index in [1.54, 1.807) is 6.07 Å². The fourth-order valence-corrected chi connectivity index (χ4v) is 2.81. The number of aromatic nitrogens is 3. The van der Waals surface area contributed by atoms with Crippen LogP contribution in [0.5, 0.6) is 17.2 Å². The number of benzene rings is 2. The molecule has 0 atom stereocenters. The largest absolute Gasteiger partial charge is 0.505 e. The van der Waals surface area contributed by atoms with Gasteiger partial charge in [-0.05, 0) is 30.5 Å². The first-order valence-electron chi connectivity index (χ1n) is 8.42. The Balaban J connectivity index is 1.53. The summed E-state index contributed by atoms with van der Waals surface area (Å²) in [5.41, 5.74) is 2.87. The van der Waals surface area contributed by atoms with Gasteiger partial charge in [0.1, 0.15) is 22.5 Å². The number of phenols is 1. The SMILES string of the molecule is C=CC(=O)OCCCc1ccc2nn(-c3cc4c(cc3O)OCO4)nc2c1. The van der Waals surface area contributed by atoms with Crippen LogP contribution in [0.4, 0.5) is 0 Å². The summed E-state index contributed by atoms with van der Waals surface area (Å²) in [5, 5.41) is 19.1. The lowest BCUT2D eigenvalue weighted by Crippen LogP contribution is -2.02. The molecule has 4 rings (SSSR count). The Bertz CT molecular complexity index is 1030. The smallest absolute Gasteiger partial charge is 0.330 e. The van der Waals surface area contributed by atoms with E-state index in [0.717, 1.165) is 18.1 Å². The van der Waals surface area contributed by atoms with Gasteiger partial charge in [-0.25, -0.2) is 4.79 Å². The molecule has 0 aliphatic carbocycles. The summed E-state index contributed by atoms with van der Waals surface area (Å²) in [7, 11) is 0. The molecule has 1 aromatic heterocycles. The van der Waals surface area contributed by atoms with Crippen molar-refractivity contribution >= 4 is 17.0 Å². The molecule has 2 aromatic carbocycles. The van der Waals surface area contributed by atoms with E-state index in [1.807, 2.05) is 18.2 Å². The Labute approximate surface area is 154 Å². The number of nitrogens with zero attached hydrogens (tertiary/aromatic N) is 3. The number of aromatic hydroxyl groups is 1. The van der Waals surface area contributed by atoms with E-state index in [-0.39, 0.29) is 12.5 Å². The maximum absolute atomic E-state index is 11.0. The van der Waals surface area contributed by atoms with Gasteiger partial charge in [0, 0.05) is 18.2 Å². The molecule has 2 heterocycles. The highest BCUT2D eigenvalue weighted by atomic mass is 16.7. The first-order chi connectivity index (χ1) is 13.1. The highest BCUT2D eigenvalue weighted by molar-refractivity contribution is 5.81. The summed E-state index contributed by atoms with van der Waals surface area (Å²) in [6.07, 6.45) is 2.58. The quantitative estimate of drug-likeness (QED) is 0.406. The molecule has 0 radical (unpaired) electrons.